The van der Waals surface area contributed by atoms with Crippen molar-refractivity contribution in [3.63, 3.8) is 0 Å². The Morgan fingerprint density at radius 3 is 2.64 bits per heavy atom. The molecule has 0 fully saturated rings. The molecule has 0 saturated heterocycles. The van der Waals surface area contributed by atoms with Crippen LogP contribution in [0.25, 0.3) is 0 Å². The van der Waals surface area contributed by atoms with E-state index in [2.05, 4.69) is 25.1 Å². The Labute approximate surface area is 66.4 Å². The number of benzene rings is 1. The quantitative estimate of drug-likeness (QED) is 0.638. The fourth-order valence-electron chi connectivity index (χ4n) is 0.969. The van der Waals surface area contributed by atoms with Crippen LogP contribution < -0.4 is 0 Å². The first-order chi connectivity index (χ1) is 4.83. The molecule has 1 aromatic carbocycles. The van der Waals surface area contributed by atoms with Crippen molar-refractivity contribution in [2.75, 3.05) is 7.11 Å². The molecule has 0 spiro atoms. The second kappa shape index (κ2) is 4.85. The van der Waals surface area contributed by atoms with Gasteiger partial charge in [0.25, 0.3) is 0 Å². The van der Waals surface area contributed by atoms with Crippen molar-refractivity contribution >= 4 is 0 Å². The second-order valence-corrected chi connectivity index (χ2v) is 2.42. The van der Waals surface area contributed by atoms with Gasteiger partial charge in [-0.05, 0) is 12.5 Å². The van der Waals surface area contributed by atoms with Crippen LogP contribution in [0.1, 0.15) is 11.1 Å². The number of hydrogen-bond donors (Lipinski definition) is 0. The molecule has 0 saturated carbocycles. The van der Waals surface area contributed by atoms with Crippen molar-refractivity contribution in [1.29, 1.82) is 0 Å². The summed E-state index contributed by atoms with van der Waals surface area (Å²) in [5.41, 5.74) is 2.53. The number of hydrogen-bond acceptors (Lipinski definition) is 1. The van der Waals surface area contributed by atoms with E-state index in [-0.39, 0.29) is 4.70 Å². The van der Waals surface area contributed by atoms with E-state index in [0.717, 1.165) is 0 Å². The summed E-state index contributed by atoms with van der Waals surface area (Å²) in [5, 5.41) is 0. The summed E-state index contributed by atoms with van der Waals surface area (Å²) in [7, 11) is 1.71. The standard InChI is InChI=1S/C9H12O.FH/c1-8-4-3-5-9(6-8)7-10-2;/h3-6H,7H2,1-2H3;1H. The Hall–Kier alpha value is -0.890. The van der Waals surface area contributed by atoms with Gasteiger partial charge in [-0.25, -0.2) is 0 Å². The SMILES string of the molecule is COCc1cccc(C)c1.F. The second-order valence-electron chi connectivity index (χ2n) is 2.42. The van der Waals surface area contributed by atoms with Crippen molar-refractivity contribution in [2.45, 2.75) is 13.5 Å². The van der Waals surface area contributed by atoms with Crippen LogP contribution in [-0.4, -0.2) is 7.11 Å². The number of aryl methyl sites for hydroxylation is 1. The average Bonchev–Trinajstić information content (AvgIpc) is 1.88. The molecule has 0 bridgehead atoms. The zero-order chi connectivity index (χ0) is 7.40. The van der Waals surface area contributed by atoms with Crippen LogP contribution in [0, 0.1) is 6.92 Å². The highest BCUT2D eigenvalue weighted by Gasteiger charge is 1.89. The molecule has 2 heteroatoms. The lowest BCUT2D eigenvalue weighted by atomic mass is 10.1. The Bertz CT molecular complexity index is 210. The monoisotopic (exact) mass is 156 g/mol. The number of methoxy groups -OCH3 is 1. The highest BCUT2D eigenvalue weighted by atomic mass is 19.0. The molecule has 11 heavy (non-hydrogen) atoms. The minimum Gasteiger partial charge on any atom is -0.380 e. The first-order valence-electron chi connectivity index (χ1n) is 3.37. The predicted octanol–water partition coefficient (Wildman–Crippen LogP) is 2.29. The zero-order valence-electron chi connectivity index (χ0n) is 6.83. The van der Waals surface area contributed by atoms with Crippen LogP contribution in [0.3, 0.4) is 0 Å². The van der Waals surface area contributed by atoms with E-state index in [4.69, 9.17) is 4.74 Å². The lowest BCUT2D eigenvalue weighted by Crippen LogP contribution is -1.86. The Morgan fingerprint density at radius 2 is 2.09 bits per heavy atom. The average molecular weight is 156 g/mol. The van der Waals surface area contributed by atoms with Gasteiger partial charge in [-0.1, -0.05) is 29.8 Å². The van der Waals surface area contributed by atoms with E-state index in [1.807, 2.05) is 6.07 Å². The number of rotatable bonds is 2. The fraction of sp³-hybridized carbons (Fsp3) is 0.333. The first kappa shape index (κ1) is 10.1. The normalized spacial score (nSPS) is 8.91. The minimum atomic E-state index is 0. The fourth-order valence-corrected chi connectivity index (χ4v) is 0.969. The lowest BCUT2D eigenvalue weighted by Gasteiger charge is -1.98. The molecule has 0 atom stereocenters. The van der Waals surface area contributed by atoms with Crippen molar-refractivity contribution in [3.05, 3.63) is 35.4 Å². The first-order valence-corrected chi connectivity index (χ1v) is 3.37. The molecule has 0 aliphatic rings. The third-order valence-electron chi connectivity index (χ3n) is 1.39. The third kappa shape index (κ3) is 3.14. The molecule has 0 N–H and O–H groups in total. The molecule has 0 radical (unpaired) electrons. The maximum Gasteiger partial charge on any atom is 0.0713 e. The summed E-state index contributed by atoms with van der Waals surface area (Å²) in [4.78, 5) is 0. The Morgan fingerprint density at radius 1 is 1.36 bits per heavy atom. The smallest absolute Gasteiger partial charge is 0.0713 e. The summed E-state index contributed by atoms with van der Waals surface area (Å²) < 4.78 is 4.98. The van der Waals surface area contributed by atoms with Crippen LogP contribution in [0.15, 0.2) is 24.3 Å². The highest BCUT2D eigenvalue weighted by molar-refractivity contribution is 5.21. The zero-order valence-corrected chi connectivity index (χ0v) is 6.83. The molecule has 0 amide bonds. The molecule has 1 nitrogen and oxygen atoms in total. The van der Waals surface area contributed by atoms with E-state index in [1.54, 1.807) is 7.11 Å². The molecule has 0 aliphatic carbocycles. The van der Waals surface area contributed by atoms with E-state index in [9.17, 15) is 0 Å². The van der Waals surface area contributed by atoms with Gasteiger partial charge in [-0.15, -0.1) is 0 Å². The number of halogens is 1. The maximum atomic E-state index is 4.98. The van der Waals surface area contributed by atoms with E-state index in [0.29, 0.717) is 6.61 Å². The van der Waals surface area contributed by atoms with Gasteiger partial charge in [0, 0.05) is 7.11 Å². The van der Waals surface area contributed by atoms with E-state index < -0.39 is 0 Å². The van der Waals surface area contributed by atoms with Crippen LogP contribution in [0.4, 0.5) is 4.70 Å². The van der Waals surface area contributed by atoms with Gasteiger partial charge in [0.05, 0.1) is 6.61 Å². The van der Waals surface area contributed by atoms with Crippen LogP contribution in [0.2, 0.25) is 0 Å². The van der Waals surface area contributed by atoms with Crippen LogP contribution >= 0.6 is 0 Å². The van der Waals surface area contributed by atoms with Gasteiger partial charge in [-0.2, -0.15) is 0 Å². The van der Waals surface area contributed by atoms with Gasteiger partial charge in [-0.3, -0.25) is 4.70 Å². The molecule has 0 aromatic heterocycles. The molecule has 1 rings (SSSR count). The summed E-state index contributed by atoms with van der Waals surface area (Å²) in [6.07, 6.45) is 0. The summed E-state index contributed by atoms with van der Waals surface area (Å²) in [6, 6.07) is 8.32. The maximum absolute atomic E-state index is 4.98. The summed E-state index contributed by atoms with van der Waals surface area (Å²) in [5.74, 6) is 0. The molecular formula is C9H13FO. The molecular weight excluding hydrogens is 143 g/mol. The Balaban J connectivity index is 0.000001000. The van der Waals surface area contributed by atoms with Crippen LogP contribution in [0.5, 0.6) is 0 Å². The highest BCUT2D eigenvalue weighted by Crippen LogP contribution is 2.03. The van der Waals surface area contributed by atoms with E-state index in [1.165, 1.54) is 11.1 Å². The Kier molecular flexibility index (Phi) is 4.46. The molecule has 0 heterocycles. The summed E-state index contributed by atoms with van der Waals surface area (Å²) >= 11 is 0. The predicted molar refractivity (Wildman–Crippen MR) is 44.4 cm³/mol. The van der Waals surface area contributed by atoms with Gasteiger partial charge in [0.15, 0.2) is 0 Å². The molecule has 62 valence electrons. The van der Waals surface area contributed by atoms with Gasteiger partial charge >= 0.3 is 0 Å². The van der Waals surface area contributed by atoms with E-state index >= 15 is 0 Å². The van der Waals surface area contributed by atoms with Crippen molar-refractivity contribution in [2.24, 2.45) is 0 Å². The minimum absolute atomic E-state index is 0. The van der Waals surface area contributed by atoms with Gasteiger partial charge in [0.2, 0.25) is 0 Å². The molecule has 0 unspecified atom stereocenters. The number of ether oxygens (including phenoxy) is 1. The van der Waals surface area contributed by atoms with Crippen molar-refractivity contribution in [1.82, 2.24) is 0 Å². The lowest BCUT2D eigenvalue weighted by molar-refractivity contribution is 0.185. The van der Waals surface area contributed by atoms with Gasteiger partial charge < -0.3 is 4.74 Å². The topological polar surface area (TPSA) is 9.23 Å². The van der Waals surface area contributed by atoms with Gasteiger partial charge in [0.1, 0.15) is 0 Å². The molecule has 0 aliphatic heterocycles. The molecule has 1 aromatic rings. The summed E-state index contributed by atoms with van der Waals surface area (Å²) in [6.45, 7) is 2.79. The van der Waals surface area contributed by atoms with Crippen LogP contribution in [-0.2, 0) is 11.3 Å². The third-order valence-corrected chi connectivity index (χ3v) is 1.39. The largest absolute Gasteiger partial charge is 0.380 e. The van der Waals surface area contributed by atoms with Crippen molar-refractivity contribution < 1.29 is 9.44 Å². The van der Waals surface area contributed by atoms with Crippen molar-refractivity contribution in [3.8, 4) is 0 Å².